The van der Waals surface area contributed by atoms with Gasteiger partial charge < -0.3 is 4.42 Å². The summed E-state index contributed by atoms with van der Waals surface area (Å²) < 4.78 is 5.19. The van der Waals surface area contributed by atoms with Gasteiger partial charge in [-0.1, -0.05) is 12.2 Å². The van der Waals surface area contributed by atoms with Crippen LogP contribution in [0.5, 0.6) is 0 Å². The van der Waals surface area contributed by atoms with E-state index in [1.54, 1.807) is 25.3 Å². The van der Waals surface area contributed by atoms with Crippen molar-refractivity contribution in [2.24, 2.45) is 11.0 Å². The minimum absolute atomic E-state index is 0.295. The van der Waals surface area contributed by atoms with Crippen LogP contribution >= 0.6 is 0 Å². The Morgan fingerprint density at radius 1 is 1.53 bits per heavy atom. The molecule has 0 spiro atoms. The van der Waals surface area contributed by atoms with Crippen molar-refractivity contribution < 1.29 is 9.21 Å². The zero-order valence-electron chi connectivity index (χ0n) is 9.85. The number of allylic oxidation sites excluding steroid dienone is 2. The Hall–Kier alpha value is -1.84. The third kappa shape index (κ3) is 3.31. The van der Waals surface area contributed by atoms with E-state index >= 15 is 0 Å². The van der Waals surface area contributed by atoms with Crippen LogP contribution < -0.4 is 5.43 Å². The van der Waals surface area contributed by atoms with Crippen molar-refractivity contribution in [2.75, 3.05) is 0 Å². The van der Waals surface area contributed by atoms with Gasteiger partial charge in [-0.25, -0.2) is 5.43 Å². The van der Waals surface area contributed by atoms with Crippen molar-refractivity contribution in [2.45, 2.75) is 26.2 Å². The quantitative estimate of drug-likeness (QED) is 0.495. The summed E-state index contributed by atoms with van der Waals surface area (Å²) in [5.41, 5.74) is 2.47. The van der Waals surface area contributed by atoms with E-state index in [0.29, 0.717) is 11.7 Å². The van der Waals surface area contributed by atoms with Crippen LogP contribution in [-0.4, -0.2) is 12.1 Å². The fourth-order valence-corrected chi connectivity index (χ4v) is 1.77. The third-order valence-corrected chi connectivity index (χ3v) is 2.73. The standard InChI is InChI=1S/C13H16N2O2/c1-10-7-8-12(17-10)13(16)15-14-9-11-5-3-2-4-6-11/h2-3,7-9,11H,4-6H2,1H3,(H,15,16)/b14-9+. The molecule has 4 nitrogen and oxygen atoms in total. The molecule has 1 amide bonds. The fraction of sp³-hybridized carbons (Fsp3) is 0.385. The van der Waals surface area contributed by atoms with Crippen LogP contribution in [0.15, 0.2) is 33.8 Å². The number of hydrogen-bond acceptors (Lipinski definition) is 3. The number of rotatable bonds is 3. The maximum absolute atomic E-state index is 11.6. The number of carbonyl (C=O) groups is 1. The Labute approximate surface area is 100 Å². The van der Waals surface area contributed by atoms with Crippen LogP contribution in [-0.2, 0) is 0 Å². The predicted octanol–water partition coefficient (Wildman–Crippen LogP) is 2.66. The van der Waals surface area contributed by atoms with E-state index in [4.69, 9.17) is 4.42 Å². The van der Waals surface area contributed by atoms with Crippen molar-refractivity contribution in [3.05, 3.63) is 35.8 Å². The van der Waals surface area contributed by atoms with Gasteiger partial charge in [-0.05, 0) is 44.2 Å². The summed E-state index contributed by atoms with van der Waals surface area (Å²) in [5, 5.41) is 3.96. The second-order valence-electron chi connectivity index (χ2n) is 4.17. The SMILES string of the molecule is Cc1ccc(C(=O)N/N=C/C2CC=CCC2)o1. The third-order valence-electron chi connectivity index (χ3n) is 2.73. The lowest BCUT2D eigenvalue weighted by Crippen LogP contribution is -2.18. The molecule has 1 unspecified atom stereocenters. The molecule has 17 heavy (non-hydrogen) atoms. The molecule has 1 atom stereocenters. The summed E-state index contributed by atoms with van der Waals surface area (Å²) in [6, 6.07) is 3.40. The molecule has 1 aliphatic rings. The molecular formula is C13H16N2O2. The van der Waals surface area contributed by atoms with E-state index in [0.717, 1.165) is 25.0 Å². The smallest absolute Gasteiger partial charge is 0.307 e. The number of nitrogens with one attached hydrogen (secondary N) is 1. The molecule has 0 saturated heterocycles. The van der Waals surface area contributed by atoms with E-state index in [2.05, 4.69) is 22.7 Å². The highest BCUT2D eigenvalue weighted by Crippen LogP contribution is 2.15. The first-order chi connectivity index (χ1) is 8.25. The molecular weight excluding hydrogens is 216 g/mol. The molecule has 4 heteroatoms. The summed E-state index contributed by atoms with van der Waals surface area (Å²) in [6.07, 6.45) is 9.31. The highest BCUT2D eigenvalue weighted by Gasteiger charge is 2.09. The fourth-order valence-electron chi connectivity index (χ4n) is 1.77. The topological polar surface area (TPSA) is 54.6 Å². The molecule has 1 heterocycles. The lowest BCUT2D eigenvalue weighted by atomic mass is 9.96. The average Bonchev–Trinajstić information content (AvgIpc) is 2.77. The summed E-state index contributed by atoms with van der Waals surface area (Å²) >= 11 is 0. The van der Waals surface area contributed by atoms with Gasteiger partial charge >= 0.3 is 5.91 Å². The van der Waals surface area contributed by atoms with E-state index in [-0.39, 0.29) is 5.91 Å². The number of amides is 1. The lowest BCUT2D eigenvalue weighted by molar-refractivity contribution is 0.0926. The van der Waals surface area contributed by atoms with Crippen LogP contribution in [0.4, 0.5) is 0 Å². The highest BCUT2D eigenvalue weighted by atomic mass is 16.3. The number of carbonyl (C=O) groups excluding carboxylic acids is 1. The first kappa shape index (κ1) is 11.6. The molecule has 1 N–H and O–H groups in total. The number of hydrazone groups is 1. The van der Waals surface area contributed by atoms with Crippen LogP contribution in [0.2, 0.25) is 0 Å². The molecule has 0 saturated carbocycles. The number of nitrogens with zero attached hydrogens (tertiary/aromatic N) is 1. The molecule has 0 aliphatic heterocycles. The first-order valence-corrected chi connectivity index (χ1v) is 5.80. The van der Waals surface area contributed by atoms with Gasteiger partial charge in [0.05, 0.1) is 0 Å². The molecule has 1 aliphatic carbocycles. The van der Waals surface area contributed by atoms with Crippen LogP contribution in [0.25, 0.3) is 0 Å². The monoisotopic (exact) mass is 232 g/mol. The second-order valence-corrected chi connectivity index (χ2v) is 4.17. The Morgan fingerprint density at radius 3 is 3.06 bits per heavy atom. The molecule has 0 aromatic carbocycles. The number of aryl methyl sites for hydroxylation is 1. The Morgan fingerprint density at radius 2 is 2.41 bits per heavy atom. The van der Waals surface area contributed by atoms with E-state index < -0.39 is 0 Å². The normalized spacial score (nSPS) is 19.7. The summed E-state index contributed by atoms with van der Waals surface area (Å²) in [6.45, 7) is 1.80. The zero-order chi connectivity index (χ0) is 12.1. The molecule has 2 rings (SSSR count). The Bertz CT molecular complexity index is 446. The zero-order valence-corrected chi connectivity index (χ0v) is 9.85. The van der Waals surface area contributed by atoms with Crippen molar-refractivity contribution in [1.82, 2.24) is 5.43 Å². The maximum Gasteiger partial charge on any atom is 0.307 e. The molecule has 90 valence electrons. The predicted molar refractivity (Wildman–Crippen MR) is 65.9 cm³/mol. The van der Waals surface area contributed by atoms with Gasteiger partial charge in [-0.15, -0.1) is 0 Å². The van der Waals surface area contributed by atoms with Gasteiger partial charge in [0, 0.05) is 6.21 Å². The Balaban J connectivity index is 1.83. The average molecular weight is 232 g/mol. The van der Waals surface area contributed by atoms with E-state index in [9.17, 15) is 4.79 Å². The van der Waals surface area contributed by atoms with E-state index in [1.807, 2.05) is 0 Å². The first-order valence-electron chi connectivity index (χ1n) is 5.80. The molecule has 1 aromatic rings. The van der Waals surface area contributed by atoms with Crippen LogP contribution in [0, 0.1) is 12.8 Å². The number of hydrogen-bond donors (Lipinski definition) is 1. The van der Waals surface area contributed by atoms with Gasteiger partial charge in [0.25, 0.3) is 0 Å². The Kier molecular flexibility index (Phi) is 3.75. The van der Waals surface area contributed by atoms with E-state index in [1.165, 1.54) is 0 Å². The lowest BCUT2D eigenvalue weighted by Gasteiger charge is -2.11. The summed E-state index contributed by atoms with van der Waals surface area (Å²) in [7, 11) is 0. The maximum atomic E-state index is 11.6. The van der Waals surface area contributed by atoms with Crippen molar-refractivity contribution in [1.29, 1.82) is 0 Å². The molecule has 0 radical (unpaired) electrons. The van der Waals surface area contributed by atoms with Crippen molar-refractivity contribution in [3.8, 4) is 0 Å². The largest absolute Gasteiger partial charge is 0.456 e. The minimum Gasteiger partial charge on any atom is -0.456 e. The van der Waals surface area contributed by atoms with Gasteiger partial charge in [0.1, 0.15) is 5.76 Å². The highest BCUT2D eigenvalue weighted by molar-refractivity contribution is 5.91. The van der Waals surface area contributed by atoms with Gasteiger partial charge in [0.15, 0.2) is 5.76 Å². The summed E-state index contributed by atoms with van der Waals surface area (Å²) in [4.78, 5) is 11.6. The van der Waals surface area contributed by atoms with Crippen LogP contribution in [0.3, 0.4) is 0 Å². The molecule has 0 fully saturated rings. The van der Waals surface area contributed by atoms with Gasteiger partial charge in [-0.2, -0.15) is 5.10 Å². The molecule has 1 aromatic heterocycles. The minimum atomic E-state index is -0.305. The van der Waals surface area contributed by atoms with Crippen molar-refractivity contribution in [3.63, 3.8) is 0 Å². The van der Waals surface area contributed by atoms with Gasteiger partial charge in [0.2, 0.25) is 0 Å². The van der Waals surface area contributed by atoms with Gasteiger partial charge in [-0.3, -0.25) is 4.79 Å². The van der Waals surface area contributed by atoms with Crippen molar-refractivity contribution >= 4 is 12.1 Å². The summed E-state index contributed by atoms with van der Waals surface area (Å²) in [5.74, 6) is 1.14. The number of furan rings is 1. The second kappa shape index (κ2) is 5.48. The van der Waals surface area contributed by atoms with Crippen LogP contribution in [0.1, 0.15) is 35.6 Å². The molecule has 0 bridgehead atoms.